The summed E-state index contributed by atoms with van der Waals surface area (Å²) in [6.07, 6.45) is -3.97. The van der Waals surface area contributed by atoms with Crippen molar-refractivity contribution in [2.45, 2.75) is 25.7 Å². The summed E-state index contributed by atoms with van der Waals surface area (Å²) in [4.78, 5) is 16.2. The minimum Gasteiger partial charge on any atom is -0.337 e. The van der Waals surface area contributed by atoms with Crippen molar-refractivity contribution in [2.24, 2.45) is 0 Å². The lowest BCUT2D eigenvalue weighted by molar-refractivity contribution is -0.137. The molecule has 0 bridgehead atoms. The molecule has 2 heterocycles. The second kappa shape index (κ2) is 7.58. The molecule has 1 aliphatic heterocycles. The topological polar surface area (TPSA) is 23.6 Å². The summed E-state index contributed by atoms with van der Waals surface area (Å²) in [5.74, 6) is -0.00905. The molecule has 1 fully saturated rings. The van der Waals surface area contributed by atoms with Gasteiger partial charge in [-0.3, -0.25) is 9.69 Å². The molecule has 0 unspecified atom stereocenters. The first-order chi connectivity index (χ1) is 11.9. The van der Waals surface area contributed by atoms with Gasteiger partial charge in [0.1, 0.15) is 0 Å². The van der Waals surface area contributed by atoms with E-state index >= 15 is 0 Å². The molecule has 0 N–H and O–H groups in total. The van der Waals surface area contributed by atoms with Gasteiger partial charge in [0.25, 0.3) is 0 Å². The van der Waals surface area contributed by atoms with E-state index in [-0.39, 0.29) is 12.5 Å². The third kappa shape index (κ3) is 4.83. The molecule has 1 aromatic carbocycles. The number of thiophene rings is 1. The van der Waals surface area contributed by atoms with Gasteiger partial charge in [-0.2, -0.15) is 24.5 Å². The maximum atomic E-state index is 12.8. The van der Waals surface area contributed by atoms with Crippen LogP contribution in [0.15, 0.2) is 41.1 Å². The van der Waals surface area contributed by atoms with E-state index in [1.165, 1.54) is 11.6 Å². The van der Waals surface area contributed by atoms with Crippen LogP contribution in [0.3, 0.4) is 0 Å². The lowest BCUT2D eigenvalue weighted by Crippen LogP contribution is -2.32. The van der Waals surface area contributed by atoms with Crippen LogP contribution in [0.25, 0.3) is 0 Å². The van der Waals surface area contributed by atoms with E-state index in [2.05, 4.69) is 16.3 Å². The highest BCUT2D eigenvalue weighted by Gasteiger charge is 2.30. The van der Waals surface area contributed by atoms with Crippen LogP contribution in [0.2, 0.25) is 0 Å². The molecule has 3 nitrogen and oxygen atoms in total. The summed E-state index contributed by atoms with van der Waals surface area (Å²) in [7, 11) is 0. The van der Waals surface area contributed by atoms with Crippen molar-refractivity contribution in [1.82, 2.24) is 9.80 Å². The fourth-order valence-corrected chi connectivity index (χ4v) is 3.60. The predicted molar refractivity (Wildman–Crippen MR) is 91.1 cm³/mol. The minimum absolute atomic E-state index is 0.00905. The van der Waals surface area contributed by atoms with Crippen molar-refractivity contribution >= 4 is 17.2 Å². The SMILES string of the molecule is O=C1CCN(Cc2ccsc2)CCN1Cc1cccc(C(F)(F)F)c1. The monoisotopic (exact) mass is 368 g/mol. The Balaban J connectivity index is 1.64. The maximum absolute atomic E-state index is 12.8. The molecule has 0 atom stereocenters. The minimum atomic E-state index is -4.36. The molecule has 0 radical (unpaired) electrons. The Morgan fingerprint density at radius 3 is 2.60 bits per heavy atom. The van der Waals surface area contributed by atoms with E-state index < -0.39 is 11.7 Å². The van der Waals surface area contributed by atoms with E-state index in [1.807, 2.05) is 5.38 Å². The molecule has 25 heavy (non-hydrogen) atoms. The average molecular weight is 368 g/mol. The Morgan fingerprint density at radius 2 is 1.88 bits per heavy atom. The van der Waals surface area contributed by atoms with Crippen LogP contribution in [-0.2, 0) is 24.1 Å². The van der Waals surface area contributed by atoms with Gasteiger partial charge in [0.15, 0.2) is 0 Å². The van der Waals surface area contributed by atoms with Gasteiger partial charge >= 0.3 is 6.18 Å². The smallest absolute Gasteiger partial charge is 0.337 e. The molecule has 0 spiro atoms. The van der Waals surface area contributed by atoms with Crippen LogP contribution in [0.1, 0.15) is 23.1 Å². The molecule has 1 aromatic heterocycles. The highest BCUT2D eigenvalue weighted by Crippen LogP contribution is 2.29. The third-order valence-corrected chi connectivity index (χ3v) is 5.03. The highest BCUT2D eigenvalue weighted by atomic mass is 32.1. The first kappa shape index (κ1) is 17.9. The Labute approximate surface area is 148 Å². The van der Waals surface area contributed by atoms with E-state index in [0.717, 1.165) is 25.2 Å². The zero-order chi connectivity index (χ0) is 17.9. The van der Waals surface area contributed by atoms with Crippen molar-refractivity contribution in [3.63, 3.8) is 0 Å². The quantitative estimate of drug-likeness (QED) is 0.814. The molecule has 2 aromatic rings. The Bertz CT molecular complexity index is 715. The Morgan fingerprint density at radius 1 is 1.04 bits per heavy atom. The molecule has 1 amide bonds. The van der Waals surface area contributed by atoms with Crippen molar-refractivity contribution in [3.8, 4) is 0 Å². The van der Waals surface area contributed by atoms with E-state index in [4.69, 9.17) is 0 Å². The van der Waals surface area contributed by atoms with Gasteiger partial charge in [-0.05, 0) is 40.1 Å². The van der Waals surface area contributed by atoms with E-state index in [1.54, 1.807) is 22.3 Å². The molecule has 7 heteroatoms. The van der Waals surface area contributed by atoms with Gasteiger partial charge in [-0.15, -0.1) is 0 Å². The number of nitrogens with zero attached hydrogens (tertiary/aromatic N) is 2. The number of benzene rings is 1. The highest BCUT2D eigenvalue weighted by molar-refractivity contribution is 7.07. The lowest BCUT2D eigenvalue weighted by atomic mass is 10.1. The molecule has 1 aliphatic rings. The molecular weight excluding hydrogens is 349 g/mol. The first-order valence-corrected chi connectivity index (χ1v) is 9.03. The largest absolute Gasteiger partial charge is 0.416 e. The Kier molecular flexibility index (Phi) is 5.44. The van der Waals surface area contributed by atoms with Crippen molar-refractivity contribution < 1.29 is 18.0 Å². The molecule has 0 aliphatic carbocycles. The lowest BCUT2D eigenvalue weighted by Gasteiger charge is -2.22. The van der Waals surface area contributed by atoms with Crippen LogP contribution >= 0.6 is 11.3 Å². The van der Waals surface area contributed by atoms with Gasteiger partial charge in [-0.1, -0.05) is 12.1 Å². The van der Waals surface area contributed by atoms with Crippen LogP contribution < -0.4 is 0 Å². The normalized spacial score (nSPS) is 16.9. The van der Waals surface area contributed by atoms with Gasteiger partial charge < -0.3 is 4.90 Å². The zero-order valence-electron chi connectivity index (χ0n) is 13.6. The van der Waals surface area contributed by atoms with Crippen molar-refractivity contribution in [3.05, 3.63) is 57.8 Å². The summed E-state index contributed by atoms with van der Waals surface area (Å²) in [5.41, 5.74) is 1.06. The van der Waals surface area contributed by atoms with Gasteiger partial charge in [-0.25, -0.2) is 0 Å². The van der Waals surface area contributed by atoms with Crippen LogP contribution in [0.5, 0.6) is 0 Å². The fourth-order valence-electron chi connectivity index (χ4n) is 2.94. The number of halogens is 3. The summed E-state index contributed by atoms with van der Waals surface area (Å²) >= 11 is 1.64. The third-order valence-electron chi connectivity index (χ3n) is 4.29. The molecular formula is C18H19F3N2OS. The van der Waals surface area contributed by atoms with Gasteiger partial charge in [0.2, 0.25) is 5.91 Å². The zero-order valence-corrected chi connectivity index (χ0v) is 14.4. The first-order valence-electron chi connectivity index (χ1n) is 8.09. The van der Waals surface area contributed by atoms with Crippen LogP contribution in [0, 0.1) is 0 Å². The summed E-state index contributed by atoms with van der Waals surface area (Å²) in [6.45, 7) is 2.94. The summed E-state index contributed by atoms with van der Waals surface area (Å²) < 4.78 is 38.5. The number of carbonyl (C=O) groups is 1. The maximum Gasteiger partial charge on any atom is 0.416 e. The molecule has 0 saturated carbocycles. The summed E-state index contributed by atoms with van der Waals surface area (Å²) in [5, 5.41) is 4.12. The summed E-state index contributed by atoms with van der Waals surface area (Å²) in [6, 6.07) is 7.27. The van der Waals surface area contributed by atoms with Crippen molar-refractivity contribution in [1.29, 1.82) is 0 Å². The van der Waals surface area contributed by atoms with Gasteiger partial charge in [0, 0.05) is 39.1 Å². The second-order valence-corrected chi connectivity index (χ2v) is 6.95. The number of carbonyl (C=O) groups excluding carboxylic acids is 1. The standard InChI is InChI=1S/C18H19F3N2OS/c19-18(20,21)16-3-1-2-14(10-16)12-23-8-7-22(6-4-17(23)24)11-15-5-9-25-13-15/h1-3,5,9-10,13H,4,6-8,11-12H2. The molecule has 134 valence electrons. The number of hydrogen-bond acceptors (Lipinski definition) is 3. The van der Waals surface area contributed by atoms with Crippen molar-refractivity contribution in [2.75, 3.05) is 19.6 Å². The number of amides is 1. The van der Waals surface area contributed by atoms with Crippen LogP contribution in [0.4, 0.5) is 13.2 Å². The number of alkyl halides is 3. The Hall–Kier alpha value is -1.86. The molecule has 3 rings (SSSR count). The van der Waals surface area contributed by atoms with Crippen LogP contribution in [-0.4, -0.2) is 35.3 Å². The van der Waals surface area contributed by atoms with E-state index in [0.29, 0.717) is 25.1 Å². The number of hydrogen-bond donors (Lipinski definition) is 0. The van der Waals surface area contributed by atoms with E-state index in [9.17, 15) is 18.0 Å². The fraction of sp³-hybridized carbons (Fsp3) is 0.389. The van der Waals surface area contributed by atoms with Gasteiger partial charge in [0.05, 0.1) is 5.56 Å². The average Bonchev–Trinajstić information content (AvgIpc) is 3.02. The number of rotatable bonds is 4. The second-order valence-electron chi connectivity index (χ2n) is 6.17. The molecule has 1 saturated heterocycles. The predicted octanol–water partition coefficient (Wildman–Crippen LogP) is 4.00.